The molecule has 0 bridgehead atoms. The van der Waals surface area contributed by atoms with Crippen LogP contribution in [0.1, 0.15) is 19.3 Å². The van der Waals surface area contributed by atoms with E-state index in [1.165, 1.54) is 18.4 Å². The van der Waals surface area contributed by atoms with Crippen LogP contribution < -0.4 is 4.90 Å². The predicted molar refractivity (Wildman–Crippen MR) is 101 cm³/mol. The maximum Gasteiger partial charge on any atom is 0.208 e. The van der Waals surface area contributed by atoms with Crippen molar-refractivity contribution in [1.29, 1.82) is 0 Å². The molecule has 0 N–H and O–H groups in total. The van der Waals surface area contributed by atoms with Crippen LogP contribution in [0.3, 0.4) is 0 Å². The molecule has 0 radical (unpaired) electrons. The van der Waals surface area contributed by atoms with Crippen LogP contribution >= 0.6 is 0 Å². The van der Waals surface area contributed by atoms with E-state index in [2.05, 4.69) is 57.6 Å². The summed E-state index contributed by atoms with van der Waals surface area (Å²) in [7, 11) is 4.28. The molecular weight excluding hydrogens is 314 g/mol. The van der Waals surface area contributed by atoms with E-state index in [0.717, 1.165) is 57.5 Å². The van der Waals surface area contributed by atoms with Crippen LogP contribution in [-0.4, -0.2) is 72.5 Å². The second-order valence-electron chi connectivity index (χ2n) is 7.52. The lowest BCUT2D eigenvalue weighted by atomic mass is 10.2. The first-order valence-corrected chi connectivity index (χ1v) is 9.39. The lowest BCUT2D eigenvalue weighted by Crippen LogP contribution is -2.48. The van der Waals surface area contributed by atoms with Crippen molar-refractivity contribution in [3.63, 3.8) is 0 Å². The summed E-state index contributed by atoms with van der Waals surface area (Å²) in [5.41, 5.74) is 2.32. The molecule has 25 heavy (non-hydrogen) atoms. The number of ether oxygens (including phenoxy) is 1. The fraction of sp³-hybridized carbons (Fsp3) is 0.632. The van der Waals surface area contributed by atoms with Gasteiger partial charge in [-0.2, -0.15) is 0 Å². The lowest BCUT2D eigenvalue weighted by Gasteiger charge is -2.38. The number of aromatic nitrogens is 2. The van der Waals surface area contributed by atoms with Crippen molar-refractivity contribution in [3.8, 4) is 0 Å². The molecule has 2 aliphatic heterocycles. The third-order valence-electron chi connectivity index (χ3n) is 5.16. The van der Waals surface area contributed by atoms with Crippen molar-refractivity contribution < 1.29 is 4.74 Å². The Morgan fingerprint density at radius 3 is 2.92 bits per heavy atom. The van der Waals surface area contributed by atoms with Gasteiger partial charge < -0.3 is 14.5 Å². The van der Waals surface area contributed by atoms with Crippen LogP contribution in [0, 0.1) is 0 Å². The van der Waals surface area contributed by atoms with Crippen LogP contribution in [0.5, 0.6) is 0 Å². The second kappa shape index (κ2) is 7.32. The van der Waals surface area contributed by atoms with E-state index in [-0.39, 0.29) is 0 Å². The van der Waals surface area contributed by atoms with Gasteiger partial charge in [-0.3, -0.25) is 9.47 Å². The van der Waals surface area contributed by atoms with Gasteiger partial charge in [-0.15, -0.1) is 0 Å². The van der Waals surface area contributed by atoms with E-state index in [4.69, 9.17) is 9.72 Å². The lowest BCUT2D eigenvalue weighted by molar-refractivity contribution is 0.106. The van der Waals surface area contributed by atoms with Crippen LogP contribution in [0.2, 0.25) is 0 Å². The fourth-order valence-electron chi connectivity index (χ4n) is 3.92. The fourth-order valence-corrected chi connectivity index (χ4v) is 3.92. The predicted octanol–water partition coefficient (Wildman–Crippen LogP) is 2.20. The van der Waals surface area contributed by atoms with E-state index in [0.29, 0.717) is 6.10 Å². The van der Waals surface area contributed by atoms with Gasteiger partial charge in [0.2, 0.25) is 5.95 Å². The molecule has 1 atom stereocenters. The van der Waals surface area contributed by atoms with Gasteiger partial charge in [0, 0.05) is 19.7 Å². The highest BCUT2D eigenvalue weighted by Gasteiger charge is 2.28. The van der Waals surface area contributed by atoms with Gasteiger partial charge in [0.15, 0.2) is 0 Å². The van der Waals surface area contributed by atoms with Gasteiger partial charge in [-0.1, -0.05) is 12.1 Å². The first-order chi connectivity index (χ1) is 12.2. The molecular formula is C19H29N5O. The van der Waals surface area contributed by atoms with E-state index in [1.807, 2.05) is 0 Å². The van der Waals surface area contributed by atoms with Crippen LogP contribution in [-0.2, 0) is 11.4 Å². The van der Waals surface area contributed by atoms with Crippen molar-refractivity contribution in [2.24, 2.45) is 0 Å². The van der Waals surface area contributed by atoms with Crippen molar-refractivity contribution in [3.05, 3.63) is 24.3 Å². The molecule has 136 valence electrons. The summed E-state index contributed by atoms with van der Waals surface area (Å²) in [6.07, 6.45) is 3.87. The molecule has 2 aromatic rings. The molecule has 0 unspecified atom stereocenters. The zero-order valence-corrected chi connectivity index (χ0v) is 15.4. The van der Waals surface area contributed by atoms with E-state index < -0.39 is 0 Å². The van der Waals surface area contributed by atoms with Crippen molar-refractivity contribution in [1.82, 2.24) is 19.4 Å². The Morgan fingerprint density at radius 1 is 1.24 bits per heavy atom. The zero-order chi connectivity index (χ0) is 17.2. The summed E-state index contributed by atoms with van der Waals surface area (Å²) in [6.45, 7) is 5.93. The molecule has 3 heterocycles. The number of para-hydroxylation sites is 2. The summed E-state index contributed by atoms with van der Waals surface area (Å²) >= 11 is 0. The van der Waals surface area contributed by atoms with Gasteiger partial charge in [0.05, 0.1) is 30.5 Å². The number of benzene rings is 1. The largest absolute Gasteiger partial charge is 0.376 e. The molecule has 0 amide bonds. The average molecular weight is 343 g/mol. The Labute approximate surface area is 150 Å². The summed E-state index contributed by atoms with van der Waals surface area (Å²) in [4.78, 5) is 12.1. The minimum Gasteiger partial charge on any atom is -0.376 e. The van der Waals surface area contributed by atoms with E-state index in [1.54, 1.807) is 0 Å². The summed E-state index contributed by atoms with van der Waals surface area (Å²) in [5, 5.41) is 0. The van der Waals surface area contributed by atoms with Crippen molar-refractivity contribution in [2.75, 3.05) is 51.9 Å². The highest BCUT2D eigenvalue weighted by molar-refractivity contribution is 5.79. The average Bonchev–Trinajstić information content (AvgIpc) is 3.22. The molecule has 1 fully saturated rings. The quantitative estimate of drug-likeness (QED) is 0.804. The van der Waals surface area contributed by atoms with Crippen LogP contribution in [0.15, 0.2) is 24.3 Å². The Hall–Kier alpha value is -1.63. The molecule has 0 saturated carbocycles. The first-order valence-electron chi connectivity index (χ1n) is 9.39. The number of rotatable bonds is 6. The maximum atomic E-state index is 5.89. The van der Waals surface area contributed by atoms with Gasteiger partial charge >= 0.3 is 0 Å². The molecule has 1 aromatic heterocycles. The molecule has 6 heteroatoms. The monoisotopic (exact) mass is 343 g/mol. The van der Waals surface area contributed by atoms with Crippen LogP contribution in [0.4, 0.5) is 5.95 Å². The first kappa shape index (κ1) is 16.8. The highest BCUT2D eigenvalue weighted by atomic mass is 16.5. The number of imidazole rings is 1. The van der Waals surface area contributed by atoms with Gasteiger partial charge in [-0.05, 0) is 52.0 Å². The number of nitrogens with zero attached hydrogens (tertiary/aromatic N) is 5. The minimum absolute atomic E-state index is 0.343. The summed E-state index contributed by atoms with van der Waals surface area (Å²) < 4.78 is 8.25. The molecule has 6 nitrogen and oxygen atoms in total. The molecule has 1 aromatic carbocycles. The smallest absolute Gasteiger partial charge is 0.208 e. The second-order valence-corrected chi connectivity index (χ2v) is 7.52. The van der Waals surface area contributed by atoms with Gasteiger partial charge in [0.25, 0.3) is 0 Å². The van der Waals surface area contributed by atoms with Gasteiger partial charge in [0.1, 0.15) is 0 Å². The highest BCUT2D eigenvalue weighted by Crippen LogP contribution is 2.28. The normalized spacial score (nSPS) is 21.4. The Balaban J connectivity index is 1.56. The standard InChI is InChI=1S/C19H29N5O/c1-21(2)10-6-11-22-14-23(13-16-7-5-12-25-16)19-20-17-8-3-4-9-18(17)24(19)15-22/h3-4,8-9,16H,5-7,10-15H2,1-2H3/t16-/m1/s1. The van der Waals surface area contributed by atoms with Crippen molar-refractivity contribution in [2.45, 2.75) is 32.0 Å². The number of hydrogen-bond acceptors (Lipinski definition) is 5. The molecule has 0 aliphatic carbocycles. The van der Waals surface area contributed by atoms with Crippen LogP contribution in [0.25, 0.3) is 11.0 Å². The molecule has 4 rings (SSSR count). The molecule has 1 saturated heterocycles. The molecule has 0 spiro atoms. The number of hydrogen-bond donors (Lipinski definition) is 0. The van der Waals surface area contributed by atoms with E-state index in [9.17, 15) is 0 Å². The third kappa shape index (κ3) is 3.66. The number of anilines is 1. The number of fused-ring (bicyclic) bond motifs is 3. The zero-order valence-electron chi connectivity index (χ0n) is 15.4. The third-order valence-corrected chi connectivity index (χ3v) is 5.16. The Bertz CT molecular complexity index is 707. The minimum atomic E-state index is 0.343. The summed E-state index contributed by atoms with van der Waals surface area (Å²) in [6, 6.07) is 8.47. The maximum absolute atomic E-state index is 5.89. The topological polar surface area (TPSA) is 36.8 Å². The SMILES string of the molecule is CN(C)CCCN1CN(C[C@H]2CCCO2)c2nc3ccccc3n2C1. The Kier molecular flexibility index (Phi) is 4.92. The van der Waals surface area contributed by atoms with E-state index >= 15 is 0 Å². The van der Waals surface area contributed by atoms with Crippen molar-refractivity contribution >= 4 is 17.0 Å². The molecule has 2 aliphatic rings. The Morgan fingerprint density at radius 2 is 2.12 bits per heavy atom. The van der Waals surface area contributed by atoms with Gasteiger partial charge in [-0.25, -0.2) is 4.98 Å². The summed E-state index contributed by atoms with van der Waals surface area (Å²) in [5.74, 6) is 1.10.